The summed E-state index contributed by atoms with van der Waals surface area (Å²) in [7, 11) is -1.57. The second-order valence-corrected chi connectivity index (χ2v) is 9.37. The van der Waals surface area contributed by atoms with Crippen LogP contribution >= 0.6 is 0 Å². The maximum absolute atomic E-state index is 12.7. The van der Waals surface area contributed by atoms with Gasteiger partial charge in [-0.05, 0) is 30.2 Å². The number of fused-ring (bicyclic) bond motifs is 2. The lowest BCUT2D eigenvalue weighted by Gasteiger charge is -2.23. The van der Waals surface area contributed by atoms with Gasteiger partial charge in [0.15, 0.2) is 9.84 Å². The van der Waals surface area contributed by atoms with Crippen molar-refractivity contribution in [3.63, 3.8) is 0 Å². The highest BCUT2D eigenvalue weighted by molar-refractivity contribution is 7.89. The number of anilines is 1. The summed E-state index contributed by atoms with van der Waals surface area (Å²) in [5, 5.41) is 0.734. The number of benzene rings is 1. The first kappa shape index (κ1) is 19.3. The molecule has 8 nitrogen and oxygen atoms in total. The average Bonchev–Trinajstić information content (AvgIpc) is 3.00. The van der Waals surface area contributed by atoms with Crippen LogP contribution in [0.25, 0.3) is 22.0 Å². The van der Waals surface area contributed by atoms with Gasteiger partial charge >= 0.3 is 6.09 Å². The monoisotopic (exact) mass is 415 g/mol. The normalized spacial score (nSPS) is 13.3. The molecule has 0 unspecified atom stereocenters. The zero-order chi connectivity index (χ0) is 20.9. The van der Waals surface area contributed by atoms with Gasteiger partial charge in [-0.2, -0.15) is 0 Å². The lowest BCUT2D eigenvalue weighted by molar-refractivity contribution is 0.159. The third-order valence-corrected chi connectivity index (χ3v) is 5.83. The van der Waals surface area contributed by atoms with Crippen LogP contribution in [-0.2, 0) is 33.9 Å². The topological polar surface area (TPSA) is 101 Å². The van der Waals surface area contributed by atoms with Gasteiger partial charge in [0.25, 0.3) is 5.56 Å². The molecule has 0 fully saturated rings. The Balaban J connectivity index is 2.03. The first-order valence-electron chi connectivity index (χ1n) is 9.14. The van der Waals surface area contributed by atoms with Gasteiger partial charge in [0, 0.05) is 42.2 Å². The van der Waals surface area contributed by atoms with Gasteiger partial charge in [0.1, 0.15) is 5.52 Å². The number of carbonyl (C=O) groups excluding carboxylic acids is 1. The fourth-order valence-electron chi connectivity index (χ4n) is 3.81. The van der Waals surface area contributed by atoms with Crippen molar-refractivity contribution in [1.29, 1.82) is 0 Å². The van der Waals surface area contributed by atoms with E-state index in [1.807, 2.05) is 0 Å². The molecule has 3 aromatic rings. The number of H-pyrrole nitrogens is 1. The predicted octanol–water partition coefficient (Wildman–Crippen LogP) is 2.55. The molecule has 0 saturated carbocycles. The molecule has 29 heavy (non-hydrogen) atoms. The van der Waals surface area contributed by atoms with E-state index in [4.69, 9.17) is 4.74 Å². The number of carbonyl (C=O) groups is 1. The molecule has 1 aliphatic rings. The van der Waals surface area contributed by atoms with Crippen molar-refractivity contribution in [2.75, 3.05) is 17.8 Å². The number of aromatic nitrogens is 2. The predicted molar refractivity (Wildman–Crippen MR) is 111 cm³/mol. The third kappa shape index (κ3) is 3.31. The minimum atomic E-state index is -3.23. The number of aromatic amines is 1. The van der Waals surface area contributed by atoms with Crippen molar-refractivity contribution in [3.8, 4) is 11.1 Å². The van der Waals surface area contributed by atoms with Crippen LogP contribution in [0.5, 0.6) is 0 Å². The Morgan fingerprint density at radius 2 is 2.03 bits per heavy atom. The zero-order valence-electron chi connectivity index (χ0n) is 16.4. The van der Waals surface area contributed by atoms with E-state index >= 15 is 0 Å². The largest absolute Gasteiger partial charge is 0.449 e. The van der Waals surface area contributed by atoms with E-state index in [0.29, 0.717) is 22.3 Å². The smallest absolute Gasteiger partial charge is 0.414 e. The van der Waals surface area contributed by atoms with Gasteiger partial charge in [-0.3, -0.25) is 9.69 Å². The quantitative estimate of drug-likeness (QED) is 0.708. The first-order chi connectivity index (χ1) is 13.7. The van der Waals surface area contributed by atoms with Crippen molar-refractivity contribution < 1.29 is 17.9 Å². The molecular formula is C20H21N3O5S. The highest BCUT2D eigenvalue weighted by Gasteiger charge is 2.28. The van der Waals surface area contributed by atoms with E-state index in [9.17, 15) is 18.0 Å². The summed E-state index contributed by atoms with van der Waals surface area (Å²) < 4.78 is 30.3. The zero-order valence-corrected chi connectivity index (χ0v) is 17.2. The molecule has 0 atom stereocenters. The summed E-state index contributed by atoms with van der Waals surface area (Å²) in [6.07, 6.45) is 4.13. The van der Waals surface area contributed by atoms with Gasteiger partial charge in [-0.1, -0.05) is 6.07 Å². The maximum atomic E-state index is 12.7. The molecule has 0 spiro atoms. The molecule has 1 N–H and O–H groups in total. The van der Waals surface area contributed by atoms with Crippen LogP contribution in [0.4, 0.5) is 10.5 Å². The van der Waals surface area contributed by atoms with Gasteiger partial charge in [0.2, 0.25) is 0 Å². The van der Waals surface area contributed by atoms with Crippen molar-refractivity contribution >= 4 is 32.5 Å². The number of nitrogens with one attached hydrogen (secondary N) is 1. The Kier molecular flexibility index (Phi) is 4.49. The molecule has 0 radical (unpaired) electrons. The van der Waals surface area contributed by atoms with E-state index in [-0.39, 0.29) is 24.5 Å². The molecule has 3 heterocycles. The fourth-order valence-corrected chi connectivity index (χ4v) is 4.59. The number of pyridine rings is 1. The Morgan fingerprint density at radius 3 is 2.72 bits per heavy atom. The molecule has 0 bridgehead atoms. The number of hydrogen-bond donors (Lipinski definition) is 1. The lowest BCUT2D eigenvalue weighted by atomic mass is 9.99. The summed E-state index contributed by atoms with van der Waals surface area (Å²) >= 11 is 0. The number of ether oxygens (including phenoxy) is 1. The average molecular weight is 415 g/mol. The fraction of sp³-hybridized carbons (Fsp3) is 0.300. The molecule has 152 valence electrons. The Hall–Kier alpha value is -3.07. The number of amides is 1. The van der Waals surface area contributed by atoms with Crippen LogP contribution in [0.1, 0.15) is 18.1 Å². The van der Waals surface area contributed by atoms with Crippen molar-refractivity contribution in [3.05, 3.63) is 52.1 Å². The van der Waals surface area contributed by atoms with Crippen LogP contribution in [0.3, 0.4) is 0 Å². The minimum absolute atomic E-state index is 0.116. The summed E-state index contributed by atoms with van der Waals surface area (Å²) in [6, 6.07) is 5.21. The Labute approximate surface area is 167 Å². The van der Waals surface area contributed by atoms with Crippen LogP contribution in [-0.4, -0.2) is 36.9 Å². The van der Waals surface area contributed by atoms with Gasteiger partial charge < -0.3 is 14.3 Å². The van der Waals surface area contributed by atoms with Crippen LogP contribution in [0, 0.1) is 0 Å². The number of aryl methyl sites for hydroxylation is 1. The molecule has 1 aliphatic heterocycles. The summed E-state index contributed by atoms with van der Waals surface area (Å²) in [4.78, 5) is 29.8. The van der Waals surface area contributed by atoms with Gasteiger partial charge in [-0.25, -0.2) is 13.2 Å². The molecule has 1 amide bonds. The Bertz CT molecular complexity index is 1300. The standard InChI is InChI=1S/C20H21N3O5S/c1-4-28-20(25)23-9-13-8-21-18-17(13)15(10-22(2)19(18)24)14-7-12(5-6-16(14)23)11-29(3,26)27/h5-8,10,21H,4,9,11H2,1-3H3. The van der Waals surface area contributed by atoms with Crippen molar-refractivity contribution in [2.45, 2.75) is 19.2 Å². The van der Waals surface area contributed by atoms with E-state index in [2.05, 4.69) is 4.98 Å². The first-order valence-corrected chi connectivity index (χ1v) is 11.2. The summed E-state index contributed by atoms with van der Waals surface area (Å²) in [5.41, 5.74) is 3.72. The Morgan fingerprint density at radius 1 is 1.28 bits per heavy atom. The summed E-state index contributed by atoms with van der Waals surface area (Å²) in [6.45, 7) is 2.20. The lowest BCUT2D eigenvalue weighted by Crippen LogP contribution is -2.30. The maximum Gasteiger partial charge on any atom is 0.414 e. The SMILES string of the molecule is CCOC(=O)N1Cc2c[nH]c3c(=O)n(C)cc(c23)-c2cc(CS(C)(=O)=O)ccc21. The van der Waals surface area contributed by atoms with E-state index in [0.717, 1.165) is 16.5 Å². The second kappa shape index (κ2) is 6.77. The van der Waals surface area contributed by atoms with Crippen LogP contribution in [0.15, 0.2) is 35.4 Å². The highest BCUT2D eigenvalue weighted by Crippen LogP contribution is 2.41. The van der Waals surface area contributed by atoms with E-state index in [1.54, 1.807) is 44.6 Å². The third-order valence-electron chi connectivity index (χ3n) is 4.98. The number of rotatable bonds is 3. The second-order valence-electron chi connectivity index (χ2n) is 7.23. The van der Waals surface area contributed by atoms with Crippen molar-refractivity contribution in [1.82, 2.24) is 9.55 Å². The number of sulfone groups is 1. The molecule has 9 heteroatoms. The van der Waals surface area contributed by atoms with Crippen LogP contribution in [0.2, 0.25) is 0 Å². The van der Waals surface area contributed by atoms with Gasteiger partial charge in [0.05, 0.1) is 24.6 Å². The molecule has 2 aromatic heterocycles. The molecule has 0 saturated heterocycles. The molecule has 0 aliphatic carbocycles. The van der Waals surface area contributed by atoms with E-state index in [1.165, 1.54) is 15.7 Å². The molecule has 1 aromatic carbocycles. The van der Waals surface area contributed by atoms with Gasteiger partial charge in [-0.15, -0.1) is 0 Å². The molecular weight excluding hydrogens is 394 g/mol. The minimum Gasteiger partial charge on any atom is -0.449 e. The van der Waals surface area contributed by atoms with Crippen molar-refractivity contribution in [2.24, 2.45) is 7.05 Å². The number of hydrogen-bond acceptors (Lipinski definition) is 5. The number of nitrogens with zero attached hydrogens (tertiary/aromatic N) is 2. The highest BCUT2D eigenvalue weighted by atomic mass is 32.2. The van der Waals surface area contributed by atoms with E-state index < -0.39 is 15.9 Å². The molecule has 4 rings (SSSR count). The summed E-state index contributed by atoms with van der Waals surface area (Å²) in [5.74, 6) is -0.116. The van der Waals surface area contributed by atoms with Crippen LogP contribution < -0.4 is 10.5 Å².